The molecule has 0 saturated heterocycles. The number of hydrogen-bond acceptors (Lipinski definition) is 2. The van der Waals surface area contributed by atoms with Crippen molar-refractivity contribution in [2.75, 3.05) is 0 Å². The van der Waals surface area contributed by atoms with Gasteiger partial charge in [0.05, 0.1) is 6.04 Å². The van der Waals surface area contributed by atoms with Gasteiger partial charge in [-0.2, -0.15) is 0 Å². The third-order valence-electron chi connectivity index (χ3n) is 3.50. The lowest BCUT2D eigenvalue weighted by Crippen LogP contribution is -2.20. The van der Waals surface area contributed by atoms with E-state index in [4.69, 9.17) is 10.2 Å². The number of nitrogens with two attached hydrogens (primary N) is 1. The van der Waals surface area contributed by atoms with Gasteiger partial charge in [-0.15, -0.1) is 12.4 Å². The van der Waals surface area contributed by atoms with E-state index in [-0.39, 0.29) is 18.4 Å². The molecule has 1 saturated carbocycles. The third-order valence-corrected chi connectivity index (χ3v) is 3.50. The molecular formula is C13H22ClNO. The number of hydrogen-bond donors (Lipinski definition) is 1. The second kappa shape index (κ2) is 6.31. The van der Waals surface area contributed by atoms with Gasteiger partial charge in [0.25, 0.3) is 0 Å². The molecule has 1 atom stereocenters. The summed E-state index contributed by atoms with van der Waals surface area (Å²) in [6.45, 7) is 1.98. The largest absolute Gasteiger partial charge is 0.465 e. The highest BCUT2D eigenvalue weighted by Gasteiger charge is 2.22. The maximum Gasteiger partial charge on any atom is 0.121 e. The second-order valence-electron chi connectivity index (χ2n) is 4.73. The zero-order valence-corrected chi connectivity index (χ0v) is 10.8. The summed E-state index contributed by atoms with van der Waals surface area (Å²) >= 11 is 0. The molecule has 2 rings (SSSR count). The molecule has 1 aliphatic carbocycles. The first-order chi connectivity index (χ1) is 7.27. The highest BCUT2D eigenvalue weighted by molar-refractivity contribution is 5.85. The Hall–Kier alpha value is -0.470. The SMILES string of the molecule is Cc1ccc(C(N)C2CCCCCC2)o1.Cl. The number of rotatable bonds is 2. The number of furan rings is 1. The molecule has 2 nitrogen and oxygen atoms in total. The van der Waals surface area contributed by atoms with Crippen molar-refractivity contribution in [1.82, 2.24) is 0 Å². The van der Waals surface area contributed by atoms with Crippen LogP contribution in [-0.4, -0.2) is 0 Å². The Balaban J connectivity index is 0.00000128. The van der Waals surface area contributed by atoms with E-state index in [1.54, 1.807) is 0 Å². The molecule has 1 heterocycles. The van der Waals surface area contributed by atoms with Crippen LogP contribution in [0.3, 0.4) is 0 Å². The predicted octanol–water partition coefficient (Wildman–Crippen LogP) is 3.98. The van der Waals surface area contributed by atoms with Crippen LogP contribution in [0.2, 0.25) is 0 Å². The van der Waals surface area contributed by atoms with Crippen LogP contribution in [0.25, 0.3) is 0 Å². The molecule has 0 aromatic carbocycles. The Kier molecular flexibility index (Phi) is 5.36. The van der Waals surface area contributed by atoms with Gasteiger partial charge < -0.3 is 10.2 Å². The van der Waals surface area contributed by atoms with E-state index in [9.17, 15) is 0 Å². The average Bonchev–Trinajstić information content (AvgIpc) is 2.53. The van der Waals surface area contributed by atoms with E-state index < -0.39 is 0 Å². The van der Waals surface area contributed by atoms with Crippen molar-refractivity contribution in [1.29, 1.82) is 0 Å². The van der Waals surface area contributed by atoms with Crippen molar-refractivity contribution in [3.63, 3.8) is 0 Å². The van der Waals surface area contributed by atoms with Crippen molar-refractivity contribution in [2.24, 2.45) is 11.7 Å². The van der Waals surface area contributed by atoms with E-state index in [2.05, 4.69) is 0 Å². The molecule has 0 radical (unpaired) electrons. The summed E-state index contributed by atoms with van der Waals surface area (Å²) < 4.78 is 5.61. The predicted molar refractivity (Wildman–Crippen MR) is 68.8 cm³/mol. The second-order valence-corrected chi connectivity index (χ2v) is 4.73. The van der Waals surface area contributed by atoms with Crippen molar-refractivity contribution in [2.45, 2.75) is 51.5 Å². The van der Waals surface area contributed by atoms with E-state index in [0.29, 0.717) is 5.92 Å². The lowest BCUT2D eigenvalue weighted by molar-refractivity contribution is 0.328. The fourth-order valence-electron chi connectivity index (χ4n) is 2.53. The van der Waals surface area contributed by atoms with Gasteiger partial charge in [0, 0.05) is 0 Å². The van der Waals surface area contributed by atoms with E-state index in [0.717, 1.165) is 11.5 Å². The summed E-state index contributed by atoms with van der Waals surface area (Å²) in [5.74, 6) is 2.56. The van der Waals surface area contributed by atoms with Crippen LogP contribution >= 0.6 is 12.4 Å². The Morgan fingerprint density at radius 2 is 1.81 bits per heavy atom. The Bertz CT molecular complexity index is 303. The van der Waals surface area contributed by atoms with Crippen molar-refractivity contribution in [3.05, 3.63) is 23.7 Å². The minimum Gasteiger partial charge on any atom is -0.465 e. The summed E-state index contributed by atoms with van der Waals surface area (Å²) in [4.78, 5) is 0. The van der Waals surface area contributed by atoms with Gasteiger partial charge in [-0.05, 0) is 37.8 Å². The molecule has 0 aliphatic heterocycles. The third kappa shape index (κ3) is 3.26. The first-order valence-corrected chi connectivity index (χ1v) is 6.09. The lowest BCUT2D eigenvalue weighted by Gasteiger charge is -2.20. The minimum atomic E-state index is 0. The van der Waals surface area contributed by atoms with Gasteiger partial charge in [0.15, 0.2) is 0 Å². The van der Waals surface area contributed by atoms with Crippen molar-refractivity contribution < 1.29 is 4.42 Å². The van der Waals surface area contributed by atoms with Crippen LogP contribution in [0.5, 0.6) is 0 Å². The topological polar surface area (TPSA) is 39.2 Å². The molecule has 0 bridgehead atoms. The molecule has 0 amide bonds. The molecule has 0 spiro atoms. The molecular weight excluding hydrogens is 222 g/mol. The smallest absolute Gasteiger partial charge is 0.121 e. The summed E-state index contributed by atoms with van der Waals surface area (Å²) in [6.07, 6.45) is 7.94. The highest BCUT2D eigenvalue weighted by atomic mass is 35.5. The van der Waals surface area contributed by atoms with E-state index in [1.807, 2.05) is 19.1 Å². The zero-order chi connectivity index (χ0) is 10.7. The minimum absolute atomic E-state index is 0. The fourth-order valence-corrected chi connectivity index (χ4v) is 2.53. The summed E-state index contributed by atoms with van der Waals surface area (Å²) in [6, 6.07) is 4.15. The van der Waals surface area contributed by atoms with E-state index in [1.165, 1.54) is 38.5 Å². The Morgan fingerprint density at radius 1 is 1.19 bits per heavy atom. The monoisotopic (exact) mass is 243 g/mol. The van der Waals surface area contributed by atoms with Gasteiger partial charge in [0.2, 0.25) is 0 Å². The molecule has 1 aromatic heterocycles. The first-order valence-electron chi connectivity index (χ1n) is 6.09. The van der Waals surface area contributed by atoms with Crippen LogP contribution in [0.1, 0.15) is 56.1 Å². The van der Waals surface area contributed by atoms with Crippen LogP contribution in [0.15, 0.2) is 16.5 Å². The molecule has 2 N–H and O–H groups in total. The van der Waals surface area contributed by atoms with Crippen LogP contribution in [0, 0.1) is 12.8 Å². The van der Waals surface area contributed by atoms with Gasteiger partial charge in [-0.1, -0.05) is 25.7 Å². The lowest BCUT2D eigenvalue weighted by atomic mass is 9.91. The summed E-state index contributed by atoms with van der Waals surface area (Å²) in [7, 11) is 0. The molecule has 16 heavy (non-hydrogen) atoms. The summed E-state index contributed by atoms with van der Waals surface area (Å²) in [5, 5.41) is 0. The molecule has 92 valence electrons. The van der Waals surface area contributed by atoms with Gasteiger partial charge in [0.1, 0.15) is 11.5 Å². The quantitative estimate of drug-likeness (QED) is 0.798. The van der Waals surface area contributed by atoms with Gasteiger partial charge in [-0.3, -0.25) is 0 Å². The number of aryl methyl sites for hydroxylation is 1. The highest BCUT2D eigenvalue weighted by Crippen LogP contribution is 2.32. The maximum absolute atomic E-state index is 6.26. The molecule has 3 heteroatoms. The standard InChI is InChI=1S/C13H21NO.ClH/c1-10-8-9-12(15-10)13(14)11-6-4-2-3-5-7-11;/h8-9,11,13H,2-7,14H2,1H3;1H. The molecule has 1 fully saturated rings. The van der Waals surface area contributed by atoms with E-state index >= 15 is 0 Å². The van der Waals surface area contributed by atoms with Gasteiger partial charge in [-0.25, -0.2) is 0 Å². The van der Waals surface area contributed by atoms with Crippen molar-refractivity contribution in [3.8, 4) is 0 Å². The fraction of sp³-hybridized carbons (Fsp3) is 0.692. The maximum atomic E-state index is 6.26. The Morgan fingerprint density at radius 3 is 2.31 bits per heavy atom. The van der Waals surface area contributed by atoms with Crippen LogP contribution in [-0.2, 0) is 0 Å². The zero-order valence-electron chi connectivity index (χ0n) is 9.95. The molecule has 1 aromatic rings. The normalized spacial score (nSPS) is 19.9. The van der Waals surface area contributed by atoms with Crippen molar-refractivity contribution >= 4 is 12.4 Å². The van der Waals surface area contributed by atoms with Gasteiger partial charge >= 0.3 is 0 Å². The molecule has 1 aliphatic rings. The van der Waals surface area contributed by atoms with Crippen LogP contribution < -0.4 is 5.73 Å². The molecule has 1 unspecified atom stereocenters. The summed E-state index contributed by atoms with van der Waals surface area (Å²) in [5.41, 5.74) is 6.26. The average molecular weight is 244 g/mol. The number of halogens is 1. The first kappa shape index (κ1) is 13.6. The van der Waals surface area contributed by atoms with Crippen LogP contribution in [0.4, 0.5) is 0 Å². The Labute approximate surface area is 104 Å².